The van der Waals surface area contributed by atoms with Gasteiger partial charge in [0.1, 0.15) is 39.4 Å². The number of methoxy groups -OCH3 is 2. The Morgan fingerprint density at radius 1 is 1.05 bits per heavy atom. The molecule has 0 spiro atoms. The molecule has 3 aromatic heterocycles. The summed E-state index contributed by atoms with van der Waals surface area (Å²) in [4.78, 5) is 11.6. The summed E-state index contributed by atoms with van der Waals surface area (Å²) in [6.07, 6.45) is -0.0234. The number of ether oxygens (including phenoxy) is 2. The first-order valence-corrected chi connectivity index (χ1v) is 12.6. The Kier molecular flexibility index (Phi) is 7.52. The minimum Gasteiger partial charge on any atom is -0.494 e. The van der Waals surface area contributed by atoms with Gasteiger partial charge in [0, 0.05) is 0 Å². The Morgan fingerprint density at radius 2 is 1.68 bits per heavy atom. The lowest BCUT2D eigenvalue weighted by molar-refractivity contribution is 0.166. The Hall–Kier alpha value is -3.88. The van der Waals surface area contributed by atoms with Crippen LogP contribution >= 0.6 is 11.6 Å². The predicted octanol–water partition coefficient (Wildman–Crippen LogP) is 2.79. The van der Waals surface area contributed by atoms with Crippen LogP contribution in [0, 0.1) is 5.82 Å². The van der Waals surface area contributed by atoms with E-state index in [1.54, 1.807) is 36.4 Å². The Bertz CT molecular complexity index is 1500. The minimum absolute atomic E-state index is 0.123. The van der Waals surface area contributed by atoms with E-state index in [2.05, 4.69) is 29.9 Å². The third-order valence-electron chi connectivity index (χ3n) is 5.31. The number of sulfonamides is 1. The van der Waals surface area contributed by atoms with E-state index in [9.17, 15) is 17.9 Å². The average Bonchev–Trinajstić information content (AvgIpc) is 3.29. The Balaban J connectivity index is 1.83. The number of hydrogen-bond acceptors (Lipinski definition) is 10. The molecule has 0 saturated carbocycles. The van der Waals surface area contributed by atoms with Crippen molar-refractivity contribution >= 4 is 27.6 Å². The lowest BCUT2D eigenvalue weighted by Gasteiger charge is -2.20. The molecule has 12 nitrogen and oxygen atoms in total. The molecule has 4 aromatic rings. The van der Waals surface area contributed by atoms with Crippen molar-refractivity contribution in [2.45, 2.75) is 18.3 Å². The molecule has 2 N–H and O–H groups in total. The van der Waals surface area contributed by atoms with E-state index in [4.69, 9.17) is 21.1 Å². The molecule has 4 rings (SSSR count). The van der Waals surface area contributed by atoms with E-state index in [-0.39, 0.29) is 34.1 Å². The largest absolute Gasteiger partial charge is 0.494 e. The van der Waals surface area contributed by atoms with E-state index in [0.29, 0.717) is 11.5 Å². The molecule has 0 aliphatic carbocycles. The number of aliphatic hydroxyl groups excluding tert-OH is 1. The molecule has 15 heteroatoms. The number of aromatic nitrogens is 6. The fourth-order valence-electron chi connectivity index (χ4n) is 3.39. The zero-order valence-corrected chi connectivity index (χ0v) is 21.3. The Morgan fingerprint density at radius 3 is 2.27 bits per heavy atom. The highest BCUT2D eigenvalue weighted by atomic mass is 35.5. The molecule has 37 heavy (non-hydrogen) atoms. The van der Waals surface area contributed by atoms with Crippen molar-refractivity contribution in [2.24, 2.45) is 0 Å². The number of nitrogens with zero attached hydrogens (tertiary/aromatic N) is 6. The number of para-hydroxylation sites is 1. The van der Waals surface area contributed by atoms with Crippen molar-refractivity contribution < 1.29 is 27.4 Å². The van der Waals surface area contributed by atoms with Crippen LogP contribution in [0.4, 0.5) is 10.3 Å². The van der Waals surface area contributed by atoms with Crippen LogP contribution in [0.3, 0.4) is 0 Å². The van der Waals surface area contributed by atoms with Crippen molar-refractivity contribution in [3.8, 4) is 28.7 Å². The normalized spacial score (nSPS) is 13.1. The number of nitrogens with one attached hydrogen (secondary N) is 1. The molecule has 0 radical (unpaired) electrons. The summed E-state index contributed by atoms with van der Waals surface area (Å²) in [5, 5.41) is 17.4. The molecule has 0 unspecified atom stereocenters. The number of hydrogen-bond donors (Lipinski definition) is 2. The van der Waals surface area contributed by atoms with E-state index in [0.717, 1.165) is 12.4 Å². The summed E-state index contributed by atoms with van der Waals surface area (Å²) in [5.41, 5.74) is 0.563. The maximum atomic E-state index is 13.3. The molecule has 1 aromatic carbocycles. The second kappa shape index (κ2) is 10.6. The molecule has 3 heterocycles. The van der Waals surface area contributed by atoms with Crippen LogP contribution in [0.25, 0.3) is 17.2 Å². The summed E-state index contributed by atoms with van der Waals surface area (Å²) >= 11 is 6.08. The summed E-state index contributed by atoms with van der Waals surface area (Å²) in [5.74, 6) is -0.496. The van der Waals surface area contributed by atoms with Gasteiger partial charge in [0.15, 0.2) is 17.5 Å². The van der Waals surface area contributed by atoms with Crippen LogP contribution in [-0.4, -0.2) is 62.7 Å². The summed E-state index contributed by atoms with van der Waals surface area (Å²) in [6.45, 7) is 1.24. The molecule has 0 aliphatic rings. The number of halogens is 2. The van der Waals surface area contributed by atoms with Gasteiger partial charge in [-0.2, -0.15) is 0 Å². The van der Waals surface area contributed by atoms with Gasteiger partial charge in [-0.15, -0.1) is 10.2 Å². The predicted molar refractivity (Wildman–Crippen MR) is 132 cm³/mol. The van der Waals surface area contributed by atoms with Crippen molar-refractivity contribution in [1.29, 1.82) is 0 Å². The number of anilines is 1. The first-order valence-electron chi connectivity index (χ1n) is 10.6. The van der Waals surface area contributed by atoms with Gasteiger partial charge < -0.3 is 14.6 Å². The van der Waals surface area contributed by atoms with Crippen LogP contribution in [-0.2, 0) is 10.0 Å². The van der Waals surface area contributed by atoms with Crippen LogP contribution in [0.15, 0.2) is 48.8 Å². The second-order valence-electron chi connectivity index (χ2n) is 7.60. The summed E-state index contributed by atoms with van der Waals surface area (Å²) in [6, 6.07) is 9.81. The lowest BCUT2D eigenvalue weighted by Crippen LogP contribution is -2.32. The highest BCUT2D eigenvalue weighted by molar-refractivity contribution is 7.93. The maximum absolute atomic E-state index is 13.3. The zero-order valence-electron chi connectivity index (χ0n) is 19.7. The SMILES string of the molecule is COc1cccc(OC)c1-n1c(NS(=O)(=O)[C@@H](C)[C@H](O)c2ncc(F)cn2)nnc1-c1cccc(Cl)n1. The average molecular weight is 550 g/mol. The molecule has 194 valence electrons. The molecular formula is C22H21ClFN7O5S. The van der Waals surface area contributed by atoms with E-state index < -0.39 is 27.2 Å². The smallest absolute Gasteiger partial charge is 0.243 e. The Labute approximate surface area is 216 Å². The second-order valence-corrected chi connectivity index (χ2v) is 10.0. The first-order chi connectivity index (χ1) is 17.7. The van der Waals surface area contributed by atoms with Gasteiger partial charge in [-0.25, -0.2) is 27.8 Å². The van der Waals surface area contributed by atoms with Gasteiger partial charge >= 0.3 is 0 Å². The zero-order chi connectivity index (χ0) is 26.7. The molecule has 0 saturated heterocycles. The van der Waals surface area contributed by atoms with Crippen molar-refractivity contribution in [3.05, 3.63) is 65.6 Å². The van der Waals surface area contributed by atoms with Gasteiger partial charge in [-0.3, -0.25) is 9.29 Å². The first kappa shape index (κ1) is 26.2. The fourth-order valence-corrected chi connectivity index (χ4v) is 4.59. The molecule has 0 amide bonds. The maximum Gasteiger partial charge on any atom is 0.243 e. The van der Waals surface area contributed by atoms with Gasteiger partial charge in [0.2, 0.25) is 16.0 Å². The third kappa shape index (κ3) is 5.30. The fraction of sp³-hybridized carbons (Fsp3) is 0.227. The highest BCUT2D eigenvalue weighted by Crippen LogP contribution is 2.37. The van der Waals surface area contributed by atoms with E-state index >= 15 is 0 Å². The van der Waals surface area contributed by atoms with Crippen LogP contribution < -0.4 is 14.2 Å². The molecule has 0 bridgehead atoms. The molecule has 0 fully saturated rings. The monoisotopic (exact) mass is 549 g/mol. The van der Waals surface area contributed by atoms with Crippen molar-refractivity contribution in [1.82, 2.24) is 29.7 Å². The standard InChI is InChI=1S/C22H21ClFN7O5S/c1-12(19(32)20-25-10-13(24)11-26-20)37(33,34)30-22-29-28-21(14-6-4-9-17(23)27-14)31(22)18-15(35-2)7-5-8-16(18)36-3/h4-12,19,32H,1-3H3,(H,29,30)/t12-,19-/m0/s1. The van der Waals surface area contributed by atoms with Crippen molar-refractivity contribution in [3.63, 3.8) is 0 Å². The number of pyridine rings is 1. The number of rotatable bonds is 9. The van der Waals surface area contributed by atoms with Crippen molar-refractivity contribution in [2.75, 3.05) is 18.9 Å². The van der Waals surface area contributed by atoms with Crippen LogP contribution in [0.2, 0.25) is 5.15 Å². The van der Waals surface area contributed by atoms with Gasteiger partial charge in [0.25, 0.3) is 0 Å². The number of aliphatic hydroxyl groups is 1. The van der Waals surface area contributed by atoms with Gasteiger partial charge in [0.05, 0.1) is 26.6 Å². The minimum atomic E-state index is -4.34. The summed E-state index contributed by atoms with van der Waals surface area (Å²) < 4.78 is 54.5. The van der Waals surface area contributed by atoms with Crippen LogP contribution in [0.1, 0.15) is 18.9 Å². The van der Waals surface area contributed by atoms with E-state index in [1.165, 1.54) is 25.7 Å². The van der Waals surface area contributed by atoms with Crippen LogP contribution in [0.5, 0.6) is 11.5 Å². The topological polar surface area (TPSA) is 154 Å². The summed E-state index contributed by atoms with van der Waals surface area (Å²) in [7, 11) is -1.47. The third-order valence-corrected chi connectivity index (χ3v) is 7.22. The van der Waals surface area contributed by atoms with Gasteiger partial charge in [-0.05, 0) is 31.2 Å². The number of benzene rings is 1. The van der Waals surface area contributed by atoms with E-state index in [1.807, 2.05) is 0 Å². The molecule has 2 atom stereocenters. The highest BCUT2D eigenvalue weighted by Gasteiger charge is 2.34. The van der Waals surface area contributed by atoms with Gasteiger partial charge in [-0.1, -0.05) is 23.7 Å². The molecule has 0 aliphatic heterocycles. The molecular weight excluding hydrogens is 529 g/mol. The quantitative estimate of drug-likeness (QED) is 0.298. The lowest BCUT2D eigenvalue weighted by atomic mass is 10.2.